The summed E-state index contributed by atoms with van der Waals surface area (Å²) in [5.41, 5.74) is 2.85. The molecule has 0 spiro atoms. The Labute approximate surface area is 110 Å². The van der Waals surface area contributed by atoms with Crippen LogP contribution in [0.3, 0.4) is 0 Å². The standard InChI is InChI=1S/C14H15FN2O2/c1-3-11-7-13(16-17(11)8-14(18)19)10-4-5-12(15)9(2)6-10/h4-7H,3,8H2,1-2H3,(H,18,19). The first kappa shape index (κ1) is 13.3. The van der Waals surface area contributed by atoms with E-state index in [1.807, 2.05) is 13.0 Å². The number of carbonyl (C=O) groups is 1. The van der Waals surface area contributed by atoms with Gasteiger partial charge >= 0.3 is 5.97 Å². The summed E-state index contributed by atoms with van der Waals surface area (Å²) in [5, 5.41) is 13.1. The van der Waals surface area contributed by atoms with Crippen molar-refractivity contribution >= 4 is 5.97 Å². The molecule has 0 amide bonds. The summed E-state index contributed by atoms with van der Waals surface area (Å²) in [6, 6.07) is 6.60. The molecule has 5 heteroatoms. The molecule has 0 saturated heterocycles. The second kappa shape index (κ2) is 5.22. The van der Waals surface area contributed by atoms with E-state index in [-0.39, 0.29) is 12.4 Å². The zero-order chi connectivity index (χ0) is 14.0. The molecule has 0 aliphatic rings. The van der Waals surface area contributed by atoms with E-state index in [4.69, 9.17) is 5.11 Å². The molecule has 19 heavy (non-hydrogen) atoms. The number of aromatic nitrogens is 2. The highest BCUT2D eigenvalue weighted by atomic mass is 19.1. The number of nitrogens with zero attached hydrogens (tertiary/aromatic N) is 2. The van der Waals surface area contributed by atoms with Gasteiger partial charge in [-0.05, 0) is 43.2 Å². The molecule has 4 nitrogen and oxygen atoms in total. The highest BCUT2D eigenvalue weighted by Crippen LogP contribution is 2.22. The summed E-state index contributed by atoms with van der Waals surface area (Å²) in [6.45, 7) is 3.46. The first-order valence-electron chi connectivity index (χ1n) is 6.06. The van der Waals surface area contributed by atoms with Gasteiger partial charge in [0.05, 0.1) is 5.69 Å². The van der Waals surface area contributed by atoms with Crippen LogP contribution in [-0.2, 0) is 17.8 Å². The third-order valence-corrected chi connectivity index (χ3v) is 2.96. The minimum absolute atomic E-state index is 0.163. The van der Waals surface area contributed by atoms with Gasteiger partial charge in [0.2, 0.25) is 0 Å². The van der Waals surface area contributed by atoms with Gasteiger partial charge in [0.15, 0.2) is 0 Å². The molecule has 1 N–H and O–H groups in total. The molecule has 2 aromatic rings. The van der Waals surface area contributed by atoms with E-state index in [0.29, 0.717) is 17.7 Å². The van der Waals surface area contributed by atoms with Gasteiger partial charge in [-0.25, -0.2) is 4.39 Å². The van der Waals surface area contributed by atoms with Crippen LogP contribution in [0.15, 0.2) is 24.3 Å². The van der Waals surface area contributed by atoms with Crippen LogP contribution in [0.25, 0.3) is 11.3 Å². The normalized spacial score (nSPS) is 10.7. The van der Waals surface area contributed by atoms with Gasteiger partial charge in [-0.1, -0.05) is 6.92 Å². The maximum atomic E-state index is 13.2. The lowest BCUT2D eigenvalue weighted by Gasteiger charge is -2.01. The van der Waals surface area contributed by atoms with Crippen molar-refractivity contribution in [2.45, 2.75) is 26.8 Å². The van der Waals surface area contributed by atoms with Crippen LogP contribution in [-0.4, -0.2) is 20.9 Å². The quantitative estimate of drug-likeness (QED) is 0.921. The zero-order valence-electron chi connectivity index (χ0n) is 10.9. The average Bonchev–Trinajstić information content (AvgIpc) is 2.75. The van der Waals surface area contributed by atoms with Crippen molar-refractivity contribution in [1.82, 2.24) is 9.78 Å². The van der Waals surface area contributed by atoms with Gasteiger partial charge in [-0.2, -0.15) is 5.10 Å². The van der Waals surface area contributed by atoms with E-state index >= 15 is 0 Å². The maximum absolute atomic E-state index is 13.2. The summed E-state index contributed by atoms with van der Waals surface area (Å²) < 4.78 is 14.7. The SMILES string of the molecule is CCc1cc(-c2ccc(F)c(C)c2)nn1CC(=O)O. The zero-order valence-corrected chi connectivity index (χ0v) is 10.9. The summed E-state index contributed by atoms with van der Waals surface area (Å²) in [7, 11) is 0. The lowest BCUT2D eigenvalue weighted by molar-refractivity contribution is -0.137. The fraction of sp³-hybridized carbons (Fsp3) is 0.286. The molecule has 0 saturated carbocycles. The average molecular weight is 262 g/mol. The van der Waals surface area contributed by atoms with Gasteiger partial charge < -0.3 is 5.11 Å². The van der Waals surface area contributed by atoms with Gasteiger partial charge in [0.25, 0.3) is 0 Å². The van der Waals surface area contributed by atoms with Crippen molar-refractivity contribution in [3.8, 4) is 11.3 Å². The molecule has 0 bridgehead atoms. The van der Waals surface area contributed by atoms with Crippen LogP contribution in [0.2, 0.25) is 0 Å². The van der Waals surface area contributed by atoms with E-state index in [2.05, 4.69) is 5.10 Å². The van der Waals surface area contributed by atoms with Gasteiger partial charge in [0.1, 0.15) is 12.4 Å². The number of aliphatic carboxylic acids is 1. The number of aryl methyl sites for hydroxylation is 2. The second-order valence-electron chi connectivity index (χ2n) is 4.39. The Kier molecular flexibility index (Phi) is 3.64. The largest absolute Gasteiger partial charge is 0.480 e. The fourth-order valence-electron chi connectivity index (χ4n) is 1.95. The van der Waals surface area contributed by atoms with Crippen molar-refractivity contribution in [2.75, 3.05) is 0 Å². The van der Waals surface area contributed by atoms with E-state index < -0.39 is 5.97 Å². The molecule has 0 radical (unpaired) electrons. The first-order valence-corrected chi connectivity index (χ1v) is 6.06. The minimum atomic E-state index is -0.931. The van der Waals surface area contributed by atoms with Crippen molar-refractivity contribution in [1.29, 1.82) is 0 Å². The Morgan fingerprint density at radius 1 is 1.42 bits per heavy atom. The van der Waals surface area contributed by atoms with Crippen molar-refractivity contribution < 1.29 is 14.3 Å². The summed E-state index contributed by atoms with van der Waals surface area (Å²) in [4.78, 5) is 10.8. The second-order valence-corrected chi connectivity index (χ2v) is 4.39. The first-order chi connectivity index (χ1) is 9.01. The van der Waals surface area contributed by atoms with Crippen LogP contribution < -0.4 is 0 Å². The van der Waals surface area contributed by atoms with Crippen LogP contribution >= 0.6 is 0 Å². The lowest BCUT2D eigenvalue weighted by atomic mass is 10.1. The topological polar surface area (TPSA) is 55.1 Å². The molecular formula is C14H15FN2O2. The molecule has 1 aromatic carbocycles. The van der Waals surface area contributed by atoms with E-state index in [1.165, 1.54) is 10.7 Å². The highest BCUT2D eigenvalue weighted by Gasteiger charge is 2.11. The van der Waals surface area contributed by atoms with Crippen LogP contribution in [0.5, 0.6) is 0 Å². The molecule has 1 heterocycles. The van der Waals surface area contributed by atoms with E-state index in [0.717, 1.165) is 11.3 Å². The molecule has 1 aromatic heterocycles. The van der Waals surface area contributed by atoms with Gasteiger partial charge in [-0.15, -0.1) is 0 Å². The van der Waals surface area contributed by atoms with Crippen molar-refractivity contribution in [3.05, 3.63) is 41.3 Å². The predicted molar refractivity (Wildman–Crippen MR) is 69.4 cm³/mol. The molecule has 100 valence electrons. The lowest BCUT2D eigenvalue weighted by Crippen LogP contribution is -2.12. The number of hydrogen-bond acceptors (Lipinski definition) is 2. The third-order valence-electron chi connectivity index (χ3n) is 2.96. The molecular weight excluding hydrogens is 247 g/mol. The number of rotatable bonds is 4. The van der Waals surface area contributed by atoms with E-state index in [1.54, 1.807) is 19.1 Å². The molecule has 0 aliphatic carbocycles. The number of carboxylic acid groups (broad SMARTS) is 1. The van der Waals surface area contributed by atoms with Gasteiger partial charge in [0, 0.05) is 11.3 Å². The predicted octanol–water partition coefficient (Wildman–Crippen LogP) is 2.64. The number of benzene rings is 1. The summed E-state index contributed by atoms with van der Waals surface area (Å²) in [6.07, 6.45) is 0.695. The third kappa shape index (κ3) is 2.81. The van der Waals surface area contributed by atoms with Crippen molar-refractivity contribution in [3.63, 3.8) is 0 Å². The highest BCUT2D eigenvalue weighted by molar-refractivity contribution is 5.67. The number of halogens is 1. The van der Waals surface area contributed by atoms with E-state index in [9.17, 15) is 9.18 Å². The van der Waals surface area contributed by atoms with Crippen LogP contribution in [0, 0.1) is 12.7 Å². The summed E-state index contributed by atoms with van der Waals surface area (Å²) in [5.74, 6) is -1.19. The fourth-order valence-corrected chi connectivity index (χ4v) is 1.95. The Morgan fingerprint density at radius 2 is 2.16 bits per heavy atom. The van der Waals surface area contributed by atoms with Crippen molar-refractivity contribution in [2.24, 2.45) is 0 Å². The smallest absolute Gasteiger partial charge is 0.325 e. The molecule has 0 unspecified atom stereocenters. The maximum Gasteiger partial charge on any atom is 0.325 e. The Hall–Kier alpha value is -2.17. The molecule has 0 atom stereocenters. The minimum Gasteiger partial charge on any atom is -0.480 e. The van der Waals surface area contributed by atoms with Crippen LogP contribution in [0.1, 0.15) is 18.2 Å². The molecule has 2 rings (SSSR count). The van der Waals surface area contributed by atoms with Gasteiger partial charge in [-0.3, -0.25) is 9.48 Å². The summed E-state index contributed by atoms with van der Waals surface area (Å²) >= 11 is 0. The Morgan fingerprint density at radius 3 is 2.74 bits per heavy atom. The monoisotopic (exact) mass is 262 g/mol. The Bertz CT molecular complexity index is 620. The Balaban J connectivity index is 2.42. The molecule has 0 fully saturated rings. The molecule has 0 aliphatic heterocycles. The number of carboxylic acids is 1. The number of hydrogen-bond donors (Lipinski definition) is 1. The van der Waals surface area contributed by atoms with Crippen LogP contribution in [0.4, 0.5) is 4.39 Å².